The van der Waals surface area contributed by atoms with E-state index in [0.29, 0.717) is 0 Å². The fraction of sp³-hybridized carbons (Fsp3) is 0.818. The van der Waals surface area contributed by atoms with Crippen molar-refractivity contribution in [2.24, 2.45) is 5.41 Å². The molecule has 1 heteroatoms. The SMILES string of the molecule is CC(C)(C)C=C1CCCC(O)C1. The van der Waals surface area contributed by atoms with Gasteiger partial charge in [-0.2, -0.15) is 0 Å². The number of rotatable bonds is 0. The lowest BCUT2D eigenvalue weighted by Crippen LogP contribution is -2.14. The summed E-state index contributed by atoms with van der Waals surface area (Å²) in [4.78, 5) is 0. The summed E-state index contributed by atoms with van der Waals surface area (Å²) in [5, 5.41) is 9.44. The highest BCUT2D eigenvalue weighted by atomic mass is 16.3. The van der Waals surface area contributed by atoms with Crippen molar-refractivity contribution < 1.29 is 5.11 Å². The van der Waals surface area contributed by atoms with Crippen molar-refractivity contribution in [3.05, 3.63) is 11.6 Å². The van der Waals surface area contributed by atoms with E-state index in [1.165, 1.54) is 12.0 Å². The largest absolute Gasteiger partial charge is 0.393 e. The third kappa shape index (κ3) is 3.40. The molecule has 70 valence electrons. The Balaban J connectivity index is 2.56. The van der Waals surface area contributed by atoms with Crippen molar-refractivity contribution in [3.63, 3.8) is 0 Å². The van der Waals surface area contributed by atoms with E-state index >= 15 is 0 Å². The van der Waals surface area contributed by atoms with E-state index in [2.05, 4.69) is 26.8 Å². The van der Waals surface area contributed by atoms with Crippen LogP contribution in [0.25, 0.3) is 0 Å². The van der Waals surface area contributed by atoms with E-state index < -0.39 is 0 Å². The summed E-state index contributed by atoms with van der Waals surface area (Å²) in [6.07, 6.45) is 6.47. The predicted molar refractivity (Wildman–Crippen MR) is 52.0 cm³/mol. The Morgan fingerprint density at radius 3 is 2.58 bits per heavy atom. The van der Waals surface area contributed by atoms with Crippen LogP contribution in [0.5, 0.6) is 0 Å². The quantitative estimate of drug-likeness (QED) is 0.551. The molecule has 0 aliphatic heterocycles. The van der Waals surface area contributed by atoms with Gasteiger partial charge in [0.05, 0.1) is 6.10 Å². The van der Waals surface area contributed by atoms with Gasteiger partial charge in [-0.1, -0.05) is 32.4 Å². The first-order valence-corrected chi connectivity index (χ1v) is 4.86. The van der Waals surface area contributed by atoms with Gasteiger partial charge in [-0.15, -0.1) is 0 Å². The predicted octanol–water partition coefficient (Wildman–Crippen LogP) is 2.89. The maximum Gasteiger partial charge on any atom is 0.0577 e. The van der Waals surface area contributed by atoms with Crippen molar-refractivity contribution in [3.8, 4) is 0 Å². The van der Waals surface area contributed by atoms with E-state index in [0.717, 1.165) is 19.3 Å². The van der Waals surface area contributed by atoms with E-state index in [4.69, 9.17) is 0 Å². The standard InChI is InChI=1S/C11H20O/c1-11(2,3)8-9-5-4-6-10(12)7-9/h8,10,12H,4-7H2,1-3H3. The lowest BCUT2D eigenvalue weighted by atomic mass is 9.86. The summed E-state index contributed by atoms with van der Waals surface area (Å²) < 4.78 is 0. The van der Waals surface area contributed by atoms with Gasteiger partial charge in [0, 0.05) is 0 Å². The van der Waals surface area contributed by atoms with Crippen LogP contribution < -0.4 is 0 Å². The van der Waals surface area contributed by atoms with E-state index in [9.17, 15) is 5.11 Å². The molecule has 0 heterocycles. The minimum atomic E-state index is -0.0765. The minimum Gasteiger partial charge on any atom is -0.393 e. The van der Waals surface area contributed by atoms with Gasteiger partial charge in [0.2, 0.25) is 0 Å². The lowest BCUT2D eigenvalue weighted by Gasteiger charge is -2.23. The summed E-state index contributed by atoms with van der Waals surface area (Å²) in [5.41, 5.74) is 1.72. The molecule has 1 atom stereocenters. The molecule has 0 amide bonds. The van der Waals surface area contributed by atoms with Gasteiger partial charge in [0.25, 0.3) is 0 Å². The molecular weight excluding hydrogens is 148 g/mol. The van der Waals surface area contributed by atoms with Crippen LogP contribution in [0.2, 0.25) is 0 Å². The molecule has 0 bridgehead atoms. The molecule has 12 heavy (non-hydrogen) atoms. The zero-order chi connectivity index (χ0) is 9.19. The highest BCUT2D eigenvalue weighted by molar-refractivity contribution is 5.10. The van der Waals surface area contributed by atoms with Crippen LogP contribution in [0.3, 0.4) is 0 Å². The lowest BCUT2D eigenvalue weighted by molar-refractivity contribution is 0.149. The summed E-state index contributed by atoms with van der Waals surface area (Å²) in [6, 6.07) is 0. The zero-order valence-electron chi connectivity index (χ0n) is 8.43. The number of hydrogen-bond donors (Lipinski definition) is 1. The van der Waals surface area contributed by atoms with Gasteiger partial charge < -0.3 is 5.11 Å². The molecule has 0 aromatic carbocycles. The minimum absolute atomic E-state index is 0.0765. The van der Waals surface area contributed by atoms with Gasteiger partial charge in [-0.25, -0.2) is 0 Å². The highest BCUT2D eigenvalue weighted by Crippen LogP contribution is 2.28. The average molecular weight is 168 g/mol. The van der Waals surface area contributed by atoms with Crippen LogP contribution in [-0.2, 0) is 0 Å². The van der Waals surface area contributed by atoms with Gasteiger partial charge in [0.15, 0.2) is 0 Å². The van der Waals surface area contributed by atoms with Gasteiger partial charge in [0.1, 0.15) is 0 Å². The topological polar surface area (TPSA) is 20.2 Å². The fourth-order valence-electron chi connectivity index (χ4n) is 1.81. The molecule has 1 fully saturated rings. The van der Waals surface area contributed by atoms with Crippen LogP contribution in [0.1, 0.15) is 46.5 Å². The van der Waals surface area contributed by atoms with E-state index in [1.54, 1.807) is 0 Å². The Labute approximate surface area is 75.5 Å². The second-order valence-corrected chi connectivity index (χ2v) is 4.92. The molecule has 1 aliphatic carbocycles. The molecule has 0 spiro atoms. The van der Waals surface area contributed by atoms with Crippen molar-refractivity contribution >= 4 is 0 Å². The molecule has 1 saturated carbocycles. The first-order valence-electron chi connectivity index (χ1n) is 4.86. The normalized spacial score (nSPS) is 29.3. The van der Waals surface area contributed by atoms with Gasteiger partial charge >= 0.3 is 0 Å². The van der Waals surface area contributed by atoms with Crippen molar-refractivity contribution in [2.75, 3.05) is 0 Å². The molecule has 0 saturated heterocycles. The van der Waals surface area contributed by atoms with Crippen molar-refractivity contribution in [1.29, 1.82) is 0 Å². The first-order chi connectivity index (χ1) is 5.47. The Morgan fingerprint density at radius 2 is 2.08 bits per heavy atom. The molecule has 1 rings (SSSR count). The molecule has 0 aromatic heterocycles. The molecule has 0 radical (unpaired) electrons. The van der Waals surface area contributed by atoms with Crippen molar-refractivity contribution in [2.45, 2.75) is 52.6 Å². The average Bonchev–Trinajstić information content (AvgIpc) is 1.82. The highest BCUT2D eigenvalue weighted by Gasteiger charge is 2.16. The summed E-state index contributed by atoms with van der Waals surface area (Å²) in [7, 11) is 0. The molecule has 1 aliphatic rings. The third-order valence-electron chi connectivity index (χ3n) is 2.17. The Bertz CT molecular complexity index is 174. The van der Waals surface area contributed by atoms with Crippen molar-refractivity contribution in [1.82, 2.24) is 0 Å². The van der Waals surface area contributed by atoms with E-state index in [1.807, 2.05) is 0 Å². The second kappa shape index (κ2) is 3.61. The molecule has 0 aromatic rings. The summed E-state index contributed by atoms with van der Waals surface area (Å²) in [6.45, 7) is 6.63. The van der Waals surface area contributed by atoms with Crippen LogP contribution in [-0.4, -0.2) is 11.2 Å². The van der Waals surface area contributed by atoms with E-state index in [-0.39, 0.29) is 11.5 Å². The van der Waals surface area contributed by atoms with Gasteiger partial charge in [-0.3, -0.25) is 0 Å². The monoisotopic (exact) mass is 168 g/mol. The summed E-state index contributed by atoms with van der Waals surface area (Å²) in [5.74, 6) is 0. The first kappa shape index (κ1) is 9.79. The summed E-state index contributed by atoms with van der Waals surface area (Å²) >= 11 is 0. The molecule has 1 unspecified atom stereocenters. The zero-order valence-corrected chi connectivity index (χ0v) is 8.43. The van der Waals surface area contributed by atoms with Gasteiger partial charge in [-0.05, 0) is 31.1 Å². The fourth-order valence-corrected chi connectivity index (χ4v) is 1.81. The maximum atomic E-state index is 9.44. The molecule has 1 nitrogen and oxygen atoms in total. The number of aliphatic hydroxyl groups excluding tert-OH is 1. The van der Waals surface area contributed by atoms with Crippen LogP contribution in [0.4, 0.5) is 0 Å². The Morgan fingerprint density at radius 1 is 1.42 bits per heavy atom. The van der Waals surface area contributed by atoms with Crippen LogP contribution in [0, 0.1) is 5.41 Å². The van der Waals surface area contributed by atoms with Crippen LogP contribution in [0.15, 0.2) is 11.6 Å². The third-order valence-corrected chi connectivity index (χ3v) is 2.17. The molecule has 1 N–H and O–H groups in total. The maximum absolute atomic E-state index is 9.44. The van der Waals surface area contributed by atoms with Crippen LogP contribution >= 0.6 is 0 Å². The number of aliphatic hydroxyl groups is 1. The smallest absolute Gasteiger partial charge is 0.0577 e. The molecular formula is C11H20O. The number of allylic oxidation sites excluding steroid dienone is 1. The Kier molecular flexibility index (Phi) is 2.94. The second-order valence-electron chi connectivity index (χ2n) is 4.92. The number of hydrogen-bond acceptors (Lipinski definition) is 1. The Hall–Kier alpha value is -0.300.